The third kappa shape index (κ3) is 3.27. The highest BCUT2D eigenvalue weighted by atomic mass is 19.1. The number of ether oxygens (including phenoxy) is 1. The van der Waals surface area contributed by atoms with Crippen LogP contribution in [0.4, 0.5) is 10.1 Å². The van der Waals surface area contributed by atoms with Crippen molar-refractivity contribution in [3.8, 4) is 11.8 Å². The Bertz CT molecular complexity index is 605. The Morgan fingerprint density at radius 1 is 1.20 bits per heavy atom. The van der Waals surface area contributed by atoms with Gasteiger partial charge in [-0.3, -0.25) is 0 Å². The largest absolute Gasteiger partial charge is 0.494 e. The molecule has 0 fully saturated rings. The van der Waals surface area contributed by atoms with Crippen molar-refractivity contribution in [2.75, 3.05) is 11.9 Å². The molecule has 102 valence electrons. The minimum Gasteiger partial charge on any atom is -0.494 e. The molecule has 0 heterocycles. The van der Waals surface area contributed by atoms with Gasteiger partial charge in [0, 0.05) is 0 Å². The molecule has 0 amide bonds. The molecule has 1 unspecified atom stereocenters. The average Bonchev–Trinajstić information content (AvgIpc) is 2.48. The van der Waals surface area contributed by atoms with Crippen LogP contribution in [0.3, 0.4) is 0 Å². The van der Waals surface area contributed by atoms with Gasteiger partial charge in [-0.2, -0.15) is 5.26 Å². The van der Waals surface area contributed by atoms with Gasteiger partial charge in [-0.05, 0) is 36.8 Å². The molecule has 2 rings (SSSR count). The molecule has 0 aliphatic carbocycles. The first-order chi connectivity index (χ1) is 9.74. The molecule has 0 spiro atoms. The van der Waals surface area contributed by atoms with Gasteiger partial charge in [-0.1, -0.05) is 24.3 Å². The number of para-hydroxylation sites is 1. The molecular formula is C16H15FN2O. The molecule has 0 aliphatic rings. The molecular weight excluding hydrogens is 255 g/mol. The van der Waals surface area contributed by atoms with Gasteiger partial charge >= 0.3 is 0 Å². The average molecular weight is 270 g/mol. The Morgan fingerprint density at radius 3 is 2.50 bits per heavy atom. The summed E-state index contributed by atoms with van der Waals surface area (Å²) in [4.78, 5) is 0. The monoisotopic (exact) mass is 270 g/mol. The number of nitriles is 1. The van der Waals surface area contributed by atoms with Crippen LogP contribution in [0.2, 0.25) is 0 Å². The quantitative estimate of drug-likeness (QED) is 0.896. The molecule has 0 aromatic heterocycles. The molecule has 0 aliphatic heterocycles. The lowest BCUT2D eigenvalue weighted by Crippen LogP contribution is -2.09. The zero-order valence-electron chi connectivity index (χ0n) is 11.1. The lowest BCUT2D eigenvalue weighted by Gasteiger charge is -2.14. The summed E-state index contributed by atoms with van der Waals surface area (Å²) in [6.07, 6.45) is 0. The van der Waals surface area contributed by atoms with Gasteiger partial charge in [-0.25, -0.2) is 4.39 Å². The number of benzene rings is 2. The highest BCUT2D eigenvalue weighted by Gasteiger charge is 2.12. The fourth-order valence-electron chi connectivity index (χ4n) is 1.85. The van der Waals surface area contributed by atoms with E-state index in [4.69, 9.17) is 4.74 Å². The van der Waals surface area contributed by atoms with E-state index in [0.29, 0.717) is 12.3 Å². The molecule has 0 saturated heterocycles. The minimum absolute atomic E-state index is 0.313. The lowest BCUT2D eigenvalue weighted by molar-refractivity contribution is 0.340. The summed E-state index contributed by atoms with van der Waals surface area (Å²) < 4.78 is 18.9. The van der Waals surface area contributed by atoms with Gasteiger partial charge in [0.05, 0.1) is 18.4 Å². The number of hydrogen-bond acceptors (Lipinski definition) is 3. The van der Waals surface area contributed by atoms with Crippen molar-refractivity contribution < 1.29 is 9.13 Å². The van der Waals surface area contributed by atoms with E-state index in [0.717, 1.165) is 11.3 Å². The van der Waals surface area contributed by atoms with Crippen molar-refractivity contribution in [1.82, 2.24) is 0 Å². The summed E-state index contributed by atoms with van der Waals surface area (Å²) >= 11 is 0. The van der Waals surface area contributed by atoms with E-state index in [1.807, 2.05) is 6.92 Å². The van der Waals surface area contributed by atoms with Gasteiger partial charge in [0.1, 0.15) is 17.6 Å². The molecule has 1 N–H and O–H groups in total. The summed E-state index contributed by atoms with van der Waals surface area (Å²) in [5, 5.41) is 12.1. The number of hydrogen-bond donors (Lipinski definition) is 1. The Labute approximate surface area is 117 Å². The number of halogens is 1. The van der Waals surface area contributed by atoms with Crippen molar-refractivity contribution in [3.05, 3.63) is 59.9 Å². The molecule has 20 heavy (non-hydrogen) atoms. The first-order valence-electron chi connectivity index (χ1n) is 6.38. The van der Waals surface area contributed by atoms with E-state index < -0.39 is 6.04 Å². The maximum Gasteiger partial charge on any atom is 0.146 e. The predicted octanol–water partition coefficient (Wildman–Crippen LogP) is 3.90. The van der Waals surface area contributed by atoms with Crippen LogP contribution in [0.25, 0.3) is 0 Å². The van der Waals surface area contributed by atoms with Crippen LogP contribution in [-0.4, -0.2) is 6.61 Å². The third-order valence-electron chi connectivity index (χ3n) is 2.83. The molecule has 2 aromatic carbocycles. The lowest BCUT2D eigenvalue weighted by atomic mass is 10.1. The zero-order chi connectivity index (χ0) is 14.4. The number of rotatable bonds is 5. The van der Waals surface area contributed by atoms with Gasteiger partial charge < -0.3 is 10.1 Å². The van der Waals surface area contributed by atoms with Gasteiger partial charge in [0.15, 0.2) is 0 Å². The second-order valence-electron chi connectivity index (χ2n) is 4.19. The molecule has 0 radical (unpaired) electrons. The fourth-order valence-corrected chi connectivity index (χ4v) is 1.85. The van der Waals surface area contributed by atoms with Gasteiger partial charge in [-0.15, -0.1) is 0 Å². The topological polar surface area (TPSA) is 45.0 Å². The van der Waals surface area contributed by atoms with Crippen LogP contribution in [0, 0.1) is 17.1 Å². The second-order valence-corrected chi connectivity index (χ2v) is 4.19. The molecule has 4 heteroatoms. The number of anilines is 1. The van der Waals surface area contributed by atoms with Crippen LogP contribution >= 0.6 is 0 Å². The Hall–Kier alpha value is -2.54. The van der Waals surface area contributed by atoms with Crippen LogP contribution in [-0.2, 0) is 0 Å². The SMILES string of the molecule is CCOc1ccc(C(C#N)Nc2ccccc2F)cc1. The summed E-state index contributed by atoms with van der Waals surface area (Å²) in [5.74, 6) is 0.373. The first-order valence-corrected chi connectivity index (χ1v) is 6.38. The molecule has 2 aromatic rings. The van der Waals surface area contributed by atoms with E-state index >= 15 is 0 Å². The van der Waals surface area contributed by atoms with Crippen molar-refractivity contribution in [1.29, 1.82) is 5.26 Å². The van der Waals surface area contributed by atoms with Crippen LogP contribution < -0.4 is 10.1 Å². The normalized spacial score (nSPS) is 11.4. The minimum atomic E-state index is -0.609. The summed E-state index contributed by atoms with van der Waals surface area (Å²) in [7, 11) is 0. The van der Waals surface area contributed by atoms with Crippen LogP contribution in [0.1, 0.15) is 18.5 Å². The predicted molar refractivity (Wildman–Crippen MR) is 76.0 cm³/mol. The fraction of sp³-hybridized carbons (Fsp3) is 0.188. The smallest absolute Gasteiger partial charge is 0.146 e. The Kier molecular flexibility index (Phi) is 4.56. The van der Waals surface area contributed by atoms with Crippen molar-refractivity contribution >= 4 is 5.69 Å². The van der Waals surface area contributed by atoms with E-state index in [2.05, 4.69) is 11.4 Å². The van der Waals surface area contributed by atoms with Crippen molar-refractivity contribution in [3.63, 3.8) is 0 Å². The second kappa shape index (κ2) is 6.58. The molecule has 3 nitrogen and oxygen atoms in total. The zero-order valence-corrected chi connectivity index (χ0v) is 11.1. The molecule has 1 atom stereocenters. The number of nitrogens with zero attached hydrogens (tertiary/aromatic N) is 1. The third-order valence-corrected chi connectivity index (χ3v) is 2.83. The summed E-state index contributed by atoms with van der Waals surface area (Å²) in [6.45, 7) is 2.50. The Morgan fingerprint density at radius 2 is 1.90 bits per heavy atom. The van der Waals surface area contributed by atoms with Crippen molar-refractivity contribution in [2.24, 2.45) is 0 Å². The standard InChI is InChI=1S/C16H15FN2O/c1-2-20-13-9-7-12(8-10-13)16(11-18)19-15-6-4-3-5-14(15)17/h3-10,16,19H,2H2,1H3. The summed E-state index contributed by atoms with van der Waals surface area (Å²) in [5.41, 5.74) is 1.08. The van der Waals surface area contributed by atoms with Crippen molar-refractivity contribution in [2.45, 2.75) is 13.0 Å². The van der Waals surface area contributed by atoms with E-state index in [1.165, 1.54) is 6.07 Å². The number of nitrogens with one attached hydrogen (secondary N) is 1. The summed E-state index contributed by atoms with van der Waals surface area (Å²) in [6, 6.07) is 15.0. The van der Waals surface area contributed by atoms with E-state index in [9.17, 15) is 9.65 Å². The highest BCUT2D eigenvalue weighted by molar-refractivity contribution is 5.49. The highest BCUT2D eigenvalue weighted by Crippen LogP contribution is 2.23. The van der Waals surface area contributed by atoms with Crippen LogP contribution in [0.15, 0.2) is 48.5 Å². The Balaban J connectivity index is 2.16. The molecule has 0 bridgehead atoms. The van der Waals surface area contributed by atoms with Gasteiger partial charge in [0.2, 0.25) is 0 Å². The van der Waals surface area contributed by atoms with E-state index in [1.54, 1.807) is 42.5 Å². The maximum absolute atomic E-state index is 13.6. The first kappa shape index (κ1) is 13.9. The molecule has 0 saturated carbocycles. The van der Waals surface area contributed by atoms with Crippen LogP contribution in [0.5, 0.6) is 5.75 Å². The van der Waals surface area contributed by atoms with E-state index in [-0.39, 0.29) is 5.82 Å². The maximum atomic E-state index is 13.6. The van der Waals surface area contributed by atoms with Gasteiger partial charge in [0.25, 0.3) is 0 Å².